The number of carbonyl (C=O) groups is 2. The van der Waals surface area contributed by atoms with Gasteiger partial charge in [-0.3, -0.25) is 5.32 Å². The van der Waals surface area contributed by atoms with Crippen molar-refractivity contribution in [3.8, 4) is 0 Å². The Morgan fingerprint density at radius 3 is 2.48 bits per heavy atom. The van der Waals surface area contributed by atoms with Gasteiger partial charge in [-0.25, -0.2) is 14.6 Å². The molecule has 1 aromatic heterocycles. The molecule has 0 saturated heterocycles. The van der Waals surface area contributed by atoms with Gasteiger partial charge in [0.1, 0.15) is 0 Å². The topological polar surface area (TPSA) is 89.5 Å². The third kappa shape index (κ3) is 4.71. The molecule has 23 heavy (non-hydrogen) atoms. The number of amides is 1. The Balaban J connectivity index is 3.17. The monoisotopic (exact) mass is 355 g/mol. The molecule has 130 valence electrons. The summed E-state index contributed by atoms with van der Waals surface area (Å²) in [7, 11) is 0. The summed E-state index contributed by atoms with van der Waals surface area (Å²) >= 11 is 0.824. The molecule has 0 aliphatic rings. The molecule has 0 fully saturated rings. The molecule has 0 aromatic carbocycles. The van der Waals surface area contributed by atoms with Crippen molar-refractivity contribution in [1.82, 2.24) is 10.3 Å². The second-order valence-corrected chi connectivity index (χ2v) is 5.09. The fourth-order valence-corrected chi connectivity index (χ4v) is 2.04. The van der Waals surface area contributed by atoms with Crippen LogP contribution in [0.5, 0.6) is 0 Å². The molecule has 1 aromatic rings. The first-order valence-electron chi connectivity index (χ1n) is 6.63. The molecule has 1 atom stereocenters. The third-order valence-electron chi connectivity index (χ3n) is 2.46. The smallest absolute Gasteiger partial charge is 0.442 e. The SMILES string of the molecule is CCCOC(=O)N[C@](Nc1nccs1)(C(=O)OCC)C(F)(F)F. The molecule has 0 aliphatic carbocycles. The number of hydrogen-bond donors (Lipinski definition) is 2. The van der Waals surface area contributed by atoms with Crippen LogP contribution in [0.3, 0.4) is 0 Å². The number of ether oxygens (including phenoxy) is 2. The number of alkyl halides is 3. The van der Waals surface area contributed by atoms with Crippen LogP contribution in [0.1, 0.15) is 20.3 Å². The van der Waals surface area contributed by atoms with Gasteiger partial charge >= 0.3 is 23.9 Å². The van der Waals surface area contributed by atoms with Crippen LogP contribution in [-0.2, 0) is 14.3 Å². The summed E-state index contributed by atoms with van der Waals surface area (Å²) < 4.78 is 49.7. The van der Waals surface area contributed by atoms with Crippen molar-refractivity contribution >= 4 is 28.5 Å². The molecule has 1 rings (SSSR count). The van der Waals surface area contributed by atoms with E-state index in [0.29, 0.717) is 6.42 Å². The average molecular weight is 355 g/mol. The quantitative estimate of drug-likeness (QED) is 0.577. The Morgan fingerprint density at radius 2 is 2.00 bits per heavy atom. The molecular formula is C12H16F3N3O4S. The lowest BCUT2D eigenvalue weighted by Crippen LogP contribution is -2.69. The summed E-state index contributed by atoms with van der Waals surface area (Å²) in [6, 6.07) is 0. The van der Waals surface area contributed by atoms with Crippen LogP contribution in [0.25, 0.3) is 0 Å². The molecule has 0 radical (unpaired) electrons. The van der Waals surface area contributed by atoms with Crippen LogP contribution in [-0.4, -0.2) is 42.1 Å². The summed E-state index contributed by atoms with van der Waals surface area (Å²) in [6.45, 7) is 2.61. The van der Waals surface area contributed by atoms with Crippen LogP contribution < -0.4 is 10.6 Å². The maximum absolute atomic E-state index is 13.6. The second-order valence-electron chi connectivity index (χ2n) is 4.19. The molecule has 0 spiro atoms. The van der Waals surface area contributed by atoms with E-state index in [1.807, 2.05) is 5.32 Å². The van der Waals surface area contributed by atoms with E-state index in [9.17, 15) is 22.8 Å². The number of aromatic nitrogens is 1. The lowest BCUT2D eigenvalue weighted by molar-refractivity contribution is -0.205. The molecule has 1 heterocycles. The molecule has 0 bridgehead atoms. The standard InChI is InChI=1S/C12H16F3N3O4S/c1-3-6-22-10(20)18-11(12(13,14)15,8(19)21-4-2)17-9-16-5-7-23-9/h5,7H,3-4,6H2,1-2H3,(H,16,17)(H,18,20)/t11-/m1/s1. The summed E-state index contributed by atoms with van der Waals surface area (Å²) in [5.74, 6) is -1.71. The number of hydrogen-bond acceptors (Lipinski definition) is 7. The maximum Gasteiger partial charge on any atom is 0.442 e. The number of carbonyl (C=O) groups excluding carboxylic acids is 2. The minimum atomic E-state index is -5.20. The van der Waals surface area contributed by atoms with Crippen molar-refractivity contribution in [3.05, 3.63) is 11.6 Å². The number of anilines is 1. The van der Waals surface area contributed by atoms with E-state index in [4.69, 9.17) is 0 Å². The molecule has 0 unspecified atom stereocenters. The normalized spacial score (nSPS) is 13.8. The number of thiazole rings is 1. The summed E-state index contributed by atoms with van der Waals surface area (Å²) in [5, 5.41) is 4.61. The zero-order chi connectivity index (χ0) is 17.5. The average Bonchev–Trinajstić information content (AvgIpc) is 2.96. The Morgan fingerprint density at radius 1 is 1.30 bits per heavy atom. The van der Waals surface area contributed by atoms with E-state index in [-0.39, 0.29) is 18.3 Å². The largest absolute Gasteiger partial charge is 0.463 e. The van der Waals surface area contributed by atoms with Gasteiger partial charge in [0.2, 0.25) is 0 Å². The minimum absolute atomic E-state index is 0.0974. The molecule has 11 heteroatoms. The number of esters is 1. The van der Waals surface area contributed by atoms with Crippen LogP contribution in [0.15, 0.2) is 11.6 Å². The van der Waals surface area contributed by atoms with E-state index in [0.717, 1.165) is 11.3 Å². The third-order valence-corrected chi connectivity index (χ3v) is 3.15. The minimum Gasteiger partial charge on any atom is -0.463 e. The first kappa shape index (κ1) is 19.0. The highest BCUT2D eigenvalue weighted by Crippen LogP contribution is 2.33. The van der Waals surface area contributed by atoms with Crippen molar-refractivity contribution in [2.24, 2.45) is 0 Å². The zero-order valence-corrected chi connectivity index (χ0v) is 13.2. The summed E-state index contributed by atoms with van der Waals surface area (Å²) in [4.78, 5) is 27.2. The van der Waals surface area contributed by atoms with Gasteiger partial charge in [0, 0.05) is 11.6 Å². The molecule has 0 saturated carbocycles. The highest BCUT2D eigenvalue weighted by atomic mass is 32.1. The van der Waals surface area contributed by atoms with E-state index in [1.54, 1.807) is 6.92 Å². The molecule has 0 aliphatic heterocycles. The van der Waals surface area contributed by atoms with Gasteiger partial charge in [0.05, 0.1) is 13.2 Å². The Kier molecular flexibility index (Phi) is 6.61. The van der Waals surface area contributed by atoms with Crippen molar-refractivity contribution in [2.45, 2.75) is 32.1 Å². The lowest BCUT2D eigenvalue weighted by Gasteiger charge is -2.33. The predicted octanol–water partition coefficient (Wildman–Crippen LogP) is 2.51. The van der Waals surface area contributed by atoms with Crippen molar-refractivity contribution < 1.29 is 32.2 Å². The first-order valence-corrected chi connectivity index (χ1v) is 7.51. The maximum atomic E-state index is 13.6. The van der Waals surface area contributed by atoms with E-state index in [1.165, 1.54) is 23.8 Å². The number of nitrogens with zero attached hydrogens (tertiary/aromatic N) is 1. The number of nitrogens with one attached hydrogen (secondary N) is 2. The second kappa shape index (κ2) is 7.99. The van der Waals surface area contributed by atoms with Crippen molar-refractivity contribution in [3.63, 3.8) is 0 Å². The zero-order valence-electron chi connectivity index (χ0n) is 12.4. The fourth-order valence-electron chi connectivity index (χ4n) is 1.46. The van der Waals surface area contributed by atoms with Gasteiger partial charge < -0.3 is 14.8 Å². The molecule has 1 amide bonds. The Bertz CT molecular complexity index is 524. The van der Waals surface area contributed by atoms with E-state index < -0.39 is 23.9 Å². The number of halogens is 3. The van der Waals surface area contributed by atoms with E-state index >= 15 is 0 Å². The van der Waals surface area contributed by atoms with Crippen molar-refractivity contribution in [2.75, 3.05) is 18.5 Å². The highest BCUT2D eigenvalue weighted by Gasteiger charge is 2.64. The van der Waals surface area contributed by atoms with Crippen LogP contribution in [0.4, 0.5) is 23.1 Å². The summed E-state index contributed by atoms with van der Waals surface area (Å²) in [6.07, 6.45) is -4.95. The van der Waals surface area contributed by atoms with Gasteiger partial charge in [-0.15, -0.1) is 11.3 Å². The molecular weight excluding hydrogens is 339 g/mol. The van der Waals surface area contributed by atoms with E-state index in [2.05, 4.69) is 14.5 Å². The summed E-state index contributed by atoms with van der Waals surface area (Å²) in [5.41, 5.74) is -3.49. The Hall–Kier alpha value is -2.04. The van der Waals surface area contributed by atoms with Gasteiger partial charge in [0.15, 0.2) is 5.13 Å². The fraction of sp³-hybridized carbons (Fsp3) is 0.583. The van der Waals surface area contributed by atoms with Gasteiger partial charge in [-0.1, -0.05) is 6.92 Å². The van der Waals surface area contributed by atoms with Crippen LogP contribution in [0.2, 0.25) is 0 Å². The predicted molar refractivity (Wildman–Crippen MR) is 75.9 cm³/mol. The molecule has 7 nitrogen and oxygen atoms in total. The molecule has 2 N–H and O–H groups in total. The Labute approximate surface area is 134 Å². The van der Waals surface area contributed by atoms with Gasteiger partial charge in [-0.05, 0) is 13.3 Å². The first-order chi connectivity index (χ1) is 10.8. The highest BCUT2D eigenvalue weighted by molar-refractivity contribution is 7.13. The van der Waals surface area contributed by atoms with Crippen LogP contribution in [0, 0.1) is 0 Å². The number of rotatable bonds is 7. The van der Waals surface area contributed by atoms with Gasteiger partial charge in [0.25, 0.3) is 0 Å². The van der Waals surface area contributed by atoms with Gasteiger partial charge in [-0.2, -0.15) is 13.2 Å². The van der Waals surface area contributed by atoms with Crippen LogP contribution >= 0.6 is 11.3 Å². The van der Waals surface area contributed by atoms with Crippen molar-refractivity contribution in [1.29, 1.82) is 0 Å². The number of alkyl carbamates (subject to hydrolysis) is 1. The lowest BCUT2D eigenvalue weighted by atomic mass is 10.1.